The van der Waals surface area contributed by atoms with Crippen molar-refractivity contribution in [2.24, 2.45) is 0 Å². The van der Waals surface area contributed by atoms with E-state index in [0.717, 1.165) is 6.54 Å². The van der Waals surface area contributed by atoms with Gasteiger partial charge in [-0.15, -0.1) is 0 Å². The van der Waals surface area contributed by atoms with Crippen LogP contribution in [0, 0.1) is 0 Å². The van der Waals surface area contributed by atoms with E-state index in [1.54, 1.807) is 22.3 Å². The first kappa shape index (κ1) is 12.2. The van der Waals surface area contributed by atoms with Gasteiger partial charge in [-0.1, -0.05) is 25.5 Å². The van der Waals surface area contributed by atoms with E-state index in [1.165, 1.54) is 51.4 Å². The normalized spacial score (nSPS) is 23.1. The second kappa shape index (κ2) is 5.44. The van der Waals surface area contributed by atoms with Crippen LogP contribution in [0.25, 0.3) is 0 Å². The molecule has 1 nitrogen and oxygen atoms in total. The molecule has 18 heavy (non-hydrogen) atoms. The Morgan fingerprint density at radius 3 is 2.39 bits per heavy atom. The molecule has 0 saturated carbocycles. The second-order valence-electron chi connectivity index (χ2n) is 5.88. The summed E-state index contributed by atoms with van der Waals surface area (Å²) in [5.41, 5.74) is 6.55. The van der Waals surface area contributed by atoms with Crippen LogP contribution in [0.4, 0.5) is 0 Å². The van der Waals surface area contributed by atoms with Crippen molar-refractivity contribution >= 4 is 0 Å². The highest BCUT2D eigenvalue weighted by Crippen LogP contribution is 2.33. The molecule has 1 aromatic carbocycles. The van der Waals surface area contributed by atoms with Crippen LogP contribution in [0.2, 0.25) is 0 Å². The van der Waals surface area contributed by atoms with Gasteiger partial charge in [-0.05, 0) is 73.7 Å². The molecule has 2 aliphatic carbocycles. The molecule has 1 heteroatoms. The molecule has 1 unspecified atom stereocenters. The molecule has 0 fully saturated rings. The fraction of sp³-hybridized carbons (Fsp3) is 0.647. The lowest BCUT2D eigenvalue weighted by atomic mass is 9.86. The summed E-state index contributed by atoms with van der Waals surface area (Å²) in [4.78, 5) is 0. The van der Waals surface area contributed by atoms with E-state index < -0.39 is 0 Å². The highest BCUT2D eigenvalue weighted by Gasteiger charge is 2.20. The Morgan fingerprint density at radius 2 is 1.61 bits per heavy atom. The molecule has 3 rings (SSSR count). The van der Waals surface area contributed by atoms with E-state index in [1.807, 2.05) is 0 Å². The van der Waals surface area contributed by atoms with Crippen molar-refractivity contribution in [1.29, 1.82) is 0 Å². The monoisotopic (exact) mass is 243 g/mol. The SMILES string of the molecule is CCNC1CCCCc2cc3c(cc21)CCCC3. The zero-order valence-electron chi connectivity index (χ0n) is 11.6. The summed E-state index contributed by atoms with van der Waals surface area (Å²) in [7, 11) is 0. The van der Waals surface area contributed by atoms with Crippen molar-refractivity contribution in [1.82, 2.24) is 5.32 Å². The number of aryl methyl sites for hydroxylation is 3. The molecule has 0 bridgehead atoms. The van der Waals surface area contributed by atoms with E-state index in [4.69, 9.17) is 0 Å². The third kappa shape index (κ3) is 2.33. The van der Waals surface area contributed by atoms with Crippen LogP contribution in [0.1, 0.15) is 67.3 Å². The molecular formula is C17H25N. The first-order chi connectivity index (χ1) is 8.88. The minimum atomic E-state index is 0.611. The summed E-state index contributed by atoms with van der Waals surface area (Å²) in [5.74, 6) is 0. The van der Waals surface area contributed by atoms with E-state index in [2.05, 4.69) is 24.4 Å². The predicted octanol–water partition coefficient (Wildman–Crippen LogP) is 3.94. The molecule has 0 amide bonds. The van der Waals surface area contributed by atoms with Gasteiger partial charge in [-0.3, -0.25) is 0 Å². The molecule has 1 aromatic rings. The molecule has 0 radical (unpaired) electrons. The molecule has 0 saturated heterocycles. The van der Waals surface area contributed by atoms with Crippen LogP contribution in [0.15, 0.2) is 12.1 Å². The molecular weight excluding hydrogens is 218 g/mol. The van der Waals surface area contributed by atoms with Gasteiger partial charge >= 0.3 is 0 Å². The molecule has 1 N–H and O–H groups in total. The lowest BCUT2D eigenvalue weighted by Crippen LogP contribution is -2.21. The Balaban J connectivity index is 1.99. The smallest absolute Gasteiger partial charge is 0.0322 e. The topological polar surface area (TPSA) is 12.0 Å². The van der Waals surface area contributed by atoms with E-state index in [9.17, 15) is 0 Å². The molecule has 0 aromatic heterocycles. The summed E-state index contributed by atoms with van der Waals surface area (Å²) in [6, 6.07) is 5.70. The minimum absolute atomic E-state index is 0.611. The molecule has 0 aliphatic heterocycles. The maximum Gasteiger partial charge on any atom is 0.0322 e. The highest BCUT2D eigenvalue weighted by atomic mass is 14.9. The Hall–Kier alpha value is -0.820. The Labute approximate surface area is 111 Å². The van der Waals surface area contributed by atoms with Gasteiger partial charge in [0, 0.05) is 6.04 Å². The van der Waals surface area contributed by atoms with Gasteiger partial charge in [-0.2, -0.15) is 0 Å². The largest absolute Gasteiger partial charge is 0.310 e. The average Bonchev–Trinajstić information content (AvgIpc) is 2.59. The summed E-state index contributed by atoms with van der Waals surface area (Å²) in [6.45, 7) is 3.31. The predicted molar refractivity (Wildman–Crippen MR) is 77.1 cm³/mol. The van der Waals surface area contributed by atoms with E-state index in [-0.39, 0.29) is 0 Å². The van der Waals surface area contributed by atoms with Crippen molar-refractivity contribution in [2.45, 2.75) is 64.3 Å². The first-order valence-corrected chi connectivity index (χ1v) is 7.76. The van der Waals surface area contributed by atoms with Crippen molar-refractivity contribution in [3.63, 3.8) is 0 Å². The molecule has 1 atom stereocenters. The second-order valence-corrected chi connectivity index (χ2v) is 5.88. The maximum atomic E-state index is 3.69. The Morgan fingerprint density at radius 1 is 0.944 bits per heavy atom. The number of rotatable bonds is 2. The molecule has 98 valence electrons. The van der Waals surface area contributed by atoms with Crippen LogP contribution in [0.5, 0.6) is 0 Å². The van der Waals surface area contributed by atoms with Gasteiger partial charge in [0.05, 0.1) is 0 Å². The van der Waals surface area contributed by atoms with Crippen LogP contribution >= 0.6 is 0 Å². The summed E-state index contributed by atoms with van der Waals surface area (Å²) >= 11 is 0. The van der Waals surface area contributed by atoms with Gasteiger partial charge in [0.2, 0.25) is 0 Å². The summed E-state index contributed by atoms with van der Waals surface area (Å²) in [5, 5.41) is 3.69. The number of nitrogens with one attached hydrogen (secondary N) is 1. The lowest BCUT2D eigenvalue weighted by Gasteiger charge is -2.23. The highest BCUT2D eigenvalue weighted by molar-refractivity contribution is 5.42. The van der Waals surface area contributed by atoms with E-state index >= 15 is 0 Å². The Kier molecular flexibility index (Phi) is 3.69. The van der Waals surface area contributed by atoms with Crippen LogP contribution in [-0.2, 0) is 19.3 Å². The van der Waals surface area contributed by atoms with Crippen LogP contribution in [0.3, 0.4) is 0 Å². The third-order valence-corrected chi connectivity index (χ3v) is 4.62. The van der Waals surface area contributed by atoms with Crippen molar-refractivity contribution in [2.75, 3.05) is 6.54 Å². The fourth-order valence-electron chi connectivity index (χ4n) is 3.67. The zero-order valence-corrected chi connectivity index (χ0v) is 11.6. The maximum absolute atomic E-state index is 3.69. The van der Waals surface area contributed by atoms with Crippen molar-refractivity contribution < 1.29 is 0 Å². The quantitative estimate of drug-likeness (QED) is 0.776. The van der Waals surface area contributed by atoms with Gasteiger partial charge in [-0.25, -0.2) is 0 Å². The first-order valence-electron chi connectivity index (χ1n) is 7.76. The van der Waals surface area contributed by atoms with Gasteiger partial charge < -0.3 is 5.32 Å². The molecule has 2 aliphatic rings. The third-order valence-electron chi connectivity index (χ3n) is 4.62. The number of fused-ring (bicyclic) bond motifs is 2. The Bertz CT molecular complexity index is 422. The lowest BCUT2D eigenvalue weighted by molar-refractivity contribution is 0.503. The minimum Gasteiger partial charge on any atom is -0.310 e. The van der Waals surface area contributed by atoms with Crippen LogP contribution in [-0.4, -0.2) is 6.54 Å². The van der Waals surface area contributed by atoms with Gasteiger partial charge in [0.25, 0.3) is 0 Å². The van der Waals surface area contributed by atoms with Crippen molar-refractivity contribution in [3.05, 3.63) is 34.4 Å². The standard InChI is InChI=1S/C17H25N/c1-2-18-17-10-6-5-9-15-11-13-7-3-4-8-14(13)12-16(15)17/h11-12,17-18H,2-10H2,1H3. The van der Waals surface area contributed by atoms with Gasteiger partial charge in [0.1, 0.15) is 0 Å². The number of hydrogen-bond acceptors (Lipinski definition) is 1. The number of benzene rings is 1. The van der Waals surface area contributed by atoms with Gasteiger partial charge in [0.15, 0.2) is 0 Å². The zero-order chi connectivity index (χ0) is 12.4. The fourth-order valence-corrected chi connectivity index (χ4v) is 3.67. The number of hydrogen-bond donors (Lipinski definition) is 1. The van der Waals surface area contributed by atoms with Crippen LogP contribution < -0.4 is 5.32 Å². The average molecular weight is 243 g/mol. The molecule has 0 spiro atoms. The van der Waals surface area contributed by atoms with Crippen molar-refractivity contribution in [3.8, 4) is 0 Å². The van der Waals surface area contributed by atoms with E-state index in [0.29, 0.717) is 6.04 Å². The summed E-state index contributed by atoms with van der Waals surface area (Å²) in [6.07, 6.45) is 10.8. The summed E-state index contributed by atoms with van der Waals surface area (Å²) < 4.78 is 0. The molecule has 0 heterocycles.